The summed E-state index contributed by atoms with van der Waals surface area (Å²) in [7, 11) is 1.72. The van der Waals surface area contributed by atoms with Crippen LogP contribution in [0.2, 0.25) is 0 Å². The van der Waals surface area contributed by atoms with Gasteiger partial charge in [-0.15, -0.1) is 5.10 Å². The fourth-order valence-corrected chi connectivity index (χ4v) is 2.87. The van der Waals surface area contributed by atoms with Crippen molar-refractivity contribution in [3.05, 3.63) is 39.4 Å². The van der Waals surface area contributed by atoms with E-state index in [9.17, 15) is 9.18 Å². The highest BCUT2D eigenvalue weighted by Gasteiger charge is 2.31. The second-order valence-electron chi connectivity index (χ2n) is 4.75. The van der Waals surface area contributed by atoms with Gasteiger partial charge in [-0.1, -0.05) is 21.1 Å². The lowest BCUT2D eigenvalue weighted by atomic mass is 10.1. The van der Waals surface area contributed by atoms with Crippen molar-refractivity contribution in [1.82, 2.24) is 15.0 Å². The number of nitrogens with zero attached hydrogens (tertiary/aromatic N) is 4. The van der Waals surface area contributed by atoms with Gasteiger partial charge in [-0.2, -0.15) is 0 Å². The molecule has 0 saturated heterocycles. The van der Waals surface area contributed by atoms with E-state index in [1.54, 1.807) is 14.0 Å². The Morgan fingerprint density at radius 3 is 2.85 bits per heavy atom. The highest BCUT2D eigenvalue weighted by Crippen LogP contribution is 2.34. The van der Waals surface area contributed by atoms with Crippen molar-refractivity contribution in [1.29, 1.82) is 0 Å². The molecule has 2 heterocycles. The van der Waals surface area contributed by atoms with E-state index in [1.165, 1.54) is 15.6 Å². The first-order valence-electron chi connectivity index (χ1n) is 6.15. The van der Waals surface area contributed by atoms with Crippen LogP contribution < -0.4 is 4.90 Å². The fraction of sp³-hybridized carbons (Fsp3) is 0.308. The van der Waals surface area contributed by atoms with E-state index >= 15 is 0 Å². The van der Waals surface area contributed by atoms with Gasteiger partial charge in [-0.05, 0) is 31.0 Å². The van der Waals surface area contributed by atoms with Gasteiger partial charge >= 0.3 is 0 Å². The number of aryl methyl sites for hydroxylation is 1. The number of carbonyl (C=O) groups is 1. The Hall–Kier alpha value is -1.76. The largest absolute Gasteiger partial charge is 0.304 e. The van der Waals surface area contributed by atoms with Crippen molar-refractivity contribution in [3.8, 4) is 0 Å². The Balaban J connectivity index is 2.03. The molecule has 1 aliphatic heterocycles. The molecule has 0 aliphatic carbocycles. The number of anilines is 1. The fourth-order valence-electron chi connectivity index (χ4n) is 2.39. The topological polar surface area (TPSA) is 51.0 Å². The van der Waals surface area contributed by atoms with E-state index in [2.05, 4.69) is 26.2 Å². The molecule has 0 fully saturated rings. The second kappa shape index (κ2) is 4.66. The SMILES string of the molecule is Cc1c(C(=O)N2CCc3cc(Br)cc(F)c32)nnn1C. The minimum Gasteiger partial charge on any atom is -0.304 e. The molecule has 7 heteroatoms. The van der Waals surface area contributed by atoms with Crippen LogP contribution in [0.25, 0.3) is 0 Å². The Kier molecular flexibility index (Phi) is 3.08. The van der Waals surface area contributed by atoms with Crippen molar-refractivity contribution < 1.29 is 9.18 Å². The number of rotatable bonds is 1. The molecular formula is C13H12BrFN4O. The zero-order valence-corrected chi connectivity index (χ0v) is 12.6. The number of amides is 1. The van der Waals surface area contributed by atoms with E-state index in [0.29, 0.717) is 28.8 Å². The molecule has 20 heavy (non-hydrogen) atoms. The lowest BCUT2D eigenvalue weighted by Gasteiger charge is -2.17. The Morgan fingerprint density at radius 2 is 2.20 bits per heavy atom. The molecule has 5 nitrogen and oxygen atoms in total. The molecule has 0 bridgehead atoms. The molecule has 0 N–H and O–H groups in total. The van der Waals surface area contributed by atoms with Crippen LogP contribution in [0.15, 0.2) is 16.6 Å². The van der Waals surface area contributed by atoms with Crippen LogP contribution in [0.4, 0.5) is 10.1 Å². The molecule has 3 rings (SSSR count). The van der Waals surface area contributed by atoms with Crippen molar-refractivity contribution in [2.24, 2.45) is 7.05 Å². The number of benzene rings is 1. The predicted molar refractivity (Wildman–Crippen MR) is 75.2 cm³/mol. The first kappa shape index (κ1) is 13.2. The number of hydrogen-bond donors (Lipinski definition) is 0. The summed E-state index contributed by atoms with van der Waals surface area (Å²) < 4.78 is 16.3. The zero-order chi connectivity index (χ0) is 14.4. The van der Waals surface area contributed by atoms with E-state index in [1.807, 2.05) is 6.07 Å². The molecule has 0 atom stereocenters. The molecule has 0 unspecified atom stereocenters. The highest BCUT2D eigenvalue weighted by atomic mass is 79.9. The quantitative estimate of drug-likeness (QED) is 0.801. The Bertz CT molecular complexity index is 713. The highest BCUT2D eigenvalue weighted by molar-refractivity contribution is 9.10. The van der Waals surface area contributed by atoms with Gasteiger partial charge in [0.25, 0.3) is 5.91 Å². The van der Waals surface area contributed by atoms with Crippen molar-refractivity contribution in [2.45, 2.75) is 13.3 Å². The molecular weight excluding hydrogens is 327 g/mol. The van der Waals surface area contributed by atoms with Crippen LogP contribution in [0.5, 0.6) is 0 Å². The minimum atomic E-state index is -0.401. The van der Waals surface area contributed by atoms with Gasteiger partial charge in [0, 0.05) is 18.1 Å². The first-order valence-corrected chi connectivity index (χ1v) is 6.94. The Labute approximate surface area is 123 Å². The number of aromatic nitrogens is 3. The third kappa shape index (κ3) is 1.93. The molecule has 1 aromatic carbocycles. The van der Waals surface area contributed by atoms with Gasteiger partial charge in [0.05, 0.1) is 11.4 Å². The Morgan fingerprint density at radius 1 is 1.45 bits per heavy atom. The smallest absolute Gasteiger partial charge is 0.280 e. The maximum atomic E-state index is 14.1. The van der Waals surface area contributed by atoms with Crippen LogP contribution in [0.3, 0.4) is 0 Å². The molecule has 2 aromatic rings. The summed E-state index contributed by atoms with van der Waals surface area (Å²) in [5, 5.41) is 7.69. The monoisotopic (exact) mass is 338 g/mol. The standard InChI is InChI=1S/C13H12BrFN4O/c1-7-11(16-17-18(7)2)13(20)19-4-3-8-5-9(14)6-10(15)12(8)19/h5-6H,3-4H2,1-2H3. The second-order valence-corrected chi connectivity index (χ2v) is 5.66. The lowest BCUT2D eigenvalue weighted by Crippen LogP contribution is -2.30. The zero-order valence-electron chi connectivity index (χ0n) is 11.0. The van der Waals surface area contributed by atoms with Gasteiger partial charge in [0.2, 0.25) is 0 Å². The van der Waals surface area contributed by atoms with Crippen molar-refractivity contribution in [3.63, 3.8) is 0 Å². The van der Waals surface area contributed by atoms with Gasteiger partial charge in [-0.3, -0.25) is 9.48 Å². The third-order valence-electron chi connectivity index (χ3n) is 3.54. The molecule has 0 radical (unpaired) electrons. The predicted octanol–water partition coefficient (Wildman–Crippen LogP) is 2.23. The van der Waals surface area contributed by atoms with Crippen molar-refractivity contribution in [2.75, 3.05) is 11.4 Å². The van der Waals surface area contributed by atoms with E-state index in [0.717, 1.165) is 5.56 Å². The molecule has 1 amide bonds. The summed E-state index contributed by atoms with van der Waals surface area (Å²) in [5.41, 5.74) is 2.11. The molecule has 1 aliphatic rings. The maximum absolute atomic E-state index is 14.1. The van der Waals surface area contributed by atoms with Crippen LogP contribution in [-0.2, 0) is 13.5 Å². The average Bonchev–Trinajstić information content (AvgIpc) is 2.94. The molecule has 104 valence electrons. The van der Waals surface area contributed by atoms with Gasteiger partial charge in [-0.25, -0.2) is 4.39 Å². The summed E-state index contributed by atoms with van der Waals surface area (Å²) in [6, 6.07) is 3.21. The van der Waals surface area contributed by atoms with Crippen LogP contribution in [0, 0.1) is 12.7 Å². The van der Waals surface area contributed by atoms with Crippen LogP contribution >= 0.6 is 15.9 Å². The summed E-state index contributed by atoms with van der Waals surface area (Å²) in [4.78, 5) is 14.0. The maximum Gasteiger partial charge on any atom is 0.280 e. The van der Waals surface area contributed by atoms with Gasteiger partial charge in [0.1, 0.15) is 5.82 Å². The number of hydrogen-bond acceptors (Lipinski definition) is 3. The van der Waals surface area contributed by atoms with Crippen LogP contribution in [0.1, 0.15) is 21.7 Å². The normalized spacial score (nSPS) is 13.7. The lowest BCUT2D eigenvalue weighted by molar-refractivity contribution is 0.0983. The minimum absolute atomic E-state index is 0.266. The average molecular weight is 339 g/mol. The van der Waals surface area contributed by atoms with Gasteiger partial charge < -0.3 is 4.90 Å². The van der Waals surface area contributed by atoms with E-state index < -0.39 is 5.82 Å². The summed E-state index contributed by atoms with van der Waals surface area (Å²) in [5.74, 6) is -0.711. The van der Waals surface area contributed by atoms with E-state index in [4.69, 9.17) is 0 Å². The summed E-state index contributed by atoms with van der Waals surface area (Å²) >= 11 is 3.26. The summed E-state index contributed by atoms with van der Waals surface area (Å²) in [6.45, 7) is 2.22. The first-order chi connectivity index (χ1) is 9.49. The molecule has 0 saturated carbocycles. The van der Waals surface area contributed by atoms with Crippen LogP contribution in [-0.4, -0.2) is 27.4 Å². The number of fused-ring (bicyclic) bond motifs is 1. The number of halogens is 2. The van der Waals surface area contributed by atoms with Gasteiger partial charge in [0.15, 0.2) is 5.69 Å². The number of carbonyl (C=O) groups excluding carboxylic acids is 1. The van der Waals surface area contributed by atoms with Crippen molar-refractivity contribution >= 4 is 27.5 Å². The molecule has 1 aromatic heterocycles. The third-order valence-corrected chi connectivity index (χ3v) is 3.99. The van der Waals surface area contributed by atoms with E-state index in [-0.39, 0.29) is 11.6 Å². The summed E-state index contributed by atoms with van der Waals surface area (Å²) in [6.07, 6.45) is 0.636. The molecule has 0 spiro atoms.